The smallest absolute Gasteiger partial charge is 0.0237 e. The third-order valence-electron chi connectivity index (χ3n) is 5.10. The van der Waals surface area contributed by atoms with E-state index in [9.17, 15) is 0 Å². The van der Waals surface area contributed by atoms with Crippen molar-refractivity contribution in [2.24, 2.45) is 5.92 Å². The van der Waals surface area contributed by atoms with E-state index in [1.165, 1.54) is 69.8 Å². The molecule has 0 radical (unpaired) electrons. The van der Waals surface area contributed by atoms with Crippen LogP contribution in [0.1, 0.15) is 24.0 Å². The molecule has 0 aliphatic carbocycles. The van der Waals surface area contributed by atoms with Crippen LogP contribution in [0.4, 0.5) is 0 Å². The van der Waals surface area contributed by atoms with E-state index in [1.54, 1.807) is 0 Å². The molecule has 2 aliphatic heterocycles. The van der Waals surface area contributed by atoms with Crippen molar-refractivity contribution < 1.29 is 0 Å². The molecule has 1 N–H and O–H groups in total. The van der Waals surface area contributed by atoms with Gasteiger partial charge in [0, 0.05) is 39.3 Å². The highest BCUT2D eigenvalue weighted by Gasteiger charge is 2.21. The van der Waals surface area contributed by atoms with Crippen LogP contribution >= 0.6 is 12.4 Å². The minimum Gasteiger partial charge on any atom is -0.317 e. The molecule has 0 bridgehead atoms. The lowest BCUT2D eigenvalue weighted by atomic mass is 9.97. The van der Waals surface area contributed by atoms with Crippen LogP contribution in [0.25, 0.3) is 0 Å². The summed E-state index contributed by atoms with van der Waals surface area (Å²) in [6, 6.07) is 8.80. The molecule has 0 amide bonds. The van der Waals surface area contributed by atoms with Crippen LogP contribution in [0, 0.1) is 12.8 Å². The van der Waals surface area contributed by atoms with Crippen LogP contribution in [0.2, 0.25) is 0 Å². The lowest BCUT2D eigenvalue weighted by Gasteiger charge is -2.37. The van der Waals surface area contributed by atoms with Crippen molar-refractivity contribution in [3.8, 4) is 0 Å². The third-order valence-corrected chi connectivity index (χ3v) is 5.10. The first-order valence-corrected chi connectivity index (χ1v) is 8.51. The summed E-state index contributed by atoms with van der Waals surface area (Å²) in [7, 11) is 0. The molecule has 2 fully saturated rings. The minimum absolute atomic E-state index is 0. The standard InChI is InChI=1S/C18H29N3.ClH/c1-16-4-2-3-5-18(16)15-21-12-10-20(11-13-21)14-17-6-8-19-9-7-17;/h2-5,17,19H,6-15H2,1H3;1H. The van der Waals surface area contributed by atoms with E-state index in [-0.39, 0.29) is 12.4 Å². The van der Waals surface area contributed by atoms with Gasteiger partial charge in [-0.2, -0.15) is 0 Å². The molecule has 4 heteroatoms. The van der Waals surface area contributed by atoms with Gasteiger partial charge in [-0.25, -0.2) is 0 Å². The molecule has 0 atom stereocenters. The van der Waals surface area contributed by atoms with Gasteiger partial charge < -0.3 is 10.2 Å². The molecule has 124 valence electrons. The van der Waals surface area contributed by atoms with E-state index < -0.39 is 0 Å². The monoisotopic (exact) mass is 323 g/mol. The number of halogens is 1. The quantitative estimate of drug-likeness (QED) is 0.918. The molecule has 0 unspecified atom stereocenters. The van der Waals surface area contributed by atoms with Crippen LogP contribution in [0.5, 0.6) is 0 Å². The summed E-state index contributed by atoms with van der Waals surface area (Å²) >= 11 is 0. The molecule has 1 aromatic carbocycles. The molecule has 0 saturated carbocycles. The predicted molar refractivity (Wildman–Crippen MR) is 95.7 cm³/mol. The van der Waals surface area contributed by atoms with Crippen molar-refractivity contribution in [2.45, 2.75) is 26.3 Å². The number of benzene rings is 1. The molecule has 2 saturated heterocycles. The second-order valence-electron chi connectivity index (χ2n) is 6.70. The van der Waals surface area contributed by atoms with Crippen LogP contribution in [0.3, 0.4) is 0 Å². The third kappa shape index (κ3) is 4.95. The van der Waals surface area contributed by atoms with Gasteiger partial charge >= 0.3 is 0 Å². The summed E-state index contributed by atoms with van der Waals surface area (Å²) in [5.41, 5.74) is 2.92. The van der Waals surface area contributed by atoms with E-state index in [0.29, 0.717) is 0 Å². The Bertz CT molecular complexity index is 438. The average Bonchev–Trinajstić information content (AvgIpc) is 2.52. The van der Waals surface area contributed by atoms with Gasteiger partial charge in [0.1, 0.15) is 0 Å². The van der Waals surface area contributed by atoms with Crippen molar-refractivity contribution in [3.05, 3.63) is 35.4 Å². The summed E-state index contributed by atoms with van der Waals surface area (Å²) < 4.78 is 0. The zero-order chi connectivity index (χ0) is 14.5. The second kappa shape index (κ2) is 8.88. The van der Waals surface area contributed by atoms with E-state index in [2.05, 4.69) is 46.3 Å². The Morgan fingerprint density at radius 1 is 1.00 bits per heavy atom. The molecule has 0 aromatic heterocycles. The zero-order valence-corrected chi connectivity index (χ0v) is 14.6. The van der Waals surface area contributed by atoms with Gasteiger partial charge in [0.05, 0.1) is 0 Å². The topological polar surface area (TPSA) is 18.5 Å². The van der Waals surface area contributed by atoms with Crippen molar-refractivity contribution in [1.29, 1.82) is 0 Å². The van der Waals surface area contributed by atoms with Crippen LogP contribution < -0.4 is 5.32 Å². The second-order valence-corrected chi connectivity index (χ2v) is 6.70. The molecule has 3 nitrogen and oxygen atoms in total. The number of rotatable bonds is 4. The Balaban J connectivity index is 0.00000176. The van der Waals surface area contributed by atoms with Gasteiger partial charge in [0.2, 0.25) is 0 Å². The van der Waals surface area contributed by atoms with Crippen molar-refractivity contribution in [1.82, 2.24) is 15.1 Å². The van der Waals surface area contributed by atoms with Gasteiger partial charge in [-0.05, 0) is 49.9 Å². The Labute approximate surface area is 141 Å². The Morgan fingerprint density at radius 2 is 1.64 bits per heavy atom. The maximum Gasteiger partial charge on any atom is 0.0237 e. The largest absolute Gasteiger partial charge is 0.317 e. The van der Waals surface area contributed by atoms with Crippen LogP contribution in [-0.2, 0) is 6.54 Å². The van der Waals surface area contributed by atoms with Gasteiger partial charge in [-0.1, -0.05) is 24.3 Å². The Morgan fingerprint density at radius 3 is 2.32 bits per heavy atom. The Hall–Kier alpha value is -0.610. The molecular weight excluding hydrogens is 294 g/mol. The van der Waals surface area contributed by atoms with Gasteiger partial charge in [0.25, 0.3) is 0 Å². The highest BCUT2D eigenvalue weighted by molar-refractivity contribution is 5.85. The first-order valence-electron chi connectivity index (χ1n) is 8.51. The first kappa shape index (κ1) is 17.7. The highest BCUT2D eigenvalue weighted by atomic mass is 35.5. The Kier molecular flexibility index (Phi) is 7.16. The summed E-state index contributed by atoms with van der Waals surface area (Å²) in [5, 5.41) is 3.46. The van der Waals surface area contributed by atoms with Crippen molar-refractivity contribution in [3.63, 3.8) is 0 Å². The molecular formula is C18H30ClN3. The number of piperazine rings is 1. The number of piperidine rings is 1. The maximum absolute atomic E-state index is 3.46. The van der Waals surface area contributed by atoms with Gasteiger partial charge in [-0.3, -0.25) is 4.90 Å². The summed E-state index contributed by atoms with van der Waals surface area (Å²) in [6.45, 7) is 12.0. The molecule has 1 aromatic rings. The van der Waals surface area contributed by atoms with Crippen molar-refractivity contribution in [2.75, 3.05) is 45.8 Å². The predicted octanol–water partition coefficient (Wildman–Crippen LogP) is 2.53. The van der Waals surface area contributed by atoms with E-state index in [1.807, 2.05) is 0 Å². The van der Waals surface area contributed by atoms with E-state index in [4.69, 9.17) is 0 Å². The zero-order valence-electron chi connectivity index (χ0n) is 13.8. The van der Waals surface area contributed by atoms with Crippen LogP contribution in [-0.4, -0.2) is 55.6 Å². The minimum atomic E-state index is 0. The summed E-state index contributed by atoms with van der Waals surface area (Å²) in [4.78, 5) is 5.30. The molecule has 2 heterocycles. The number of aryl methyl sites for hydroxylation is 1. The lowest BCUT2D eigenvalue weighted by molar-refractivity contribution is 0.107. The fourth-order valence-electron chi connectivity index (χ4n) is 3.59. The van der Waals surface area contributed by atoms with Crippen molar-refractivity contribution >= 4 is 12.4 Å². The first-order chi connectivity index (χ1) is 10.3. The average molecular weight is 324 g/mol. The van der Waals surface area contributed by atoms with Crippen LogP contribution in [0.15, 0.2) is 24.3 Å². The highest BCUT2D eigenvalue weighted by Crippen LogP contribution is 2.16. The van der Waals surface area contributed by atoms with E-state index >= 15 is 0 Å². The lowest BCUT2D eigenvalue weighted by Crippen LogP contribution is -2.48. The number of hydrogen-bond acceptors (Lipinski definition) is 3. The molecule has 2 aliphatic rings. The van der Waals surface area contributed by atoms with E-state index in [0.717, 1.165) is 12.5 Å². The summed E-state index contributed by atoms with van der Waals surface area (Å²) in [6.07, 6.45) is 2.73. The summed E-state index contributed by atoms with van der Waals surface area (Å²) in [5.74, 6) is 0.925. The normalized spacial score (nSPS) is 21.5. The fraction of sp³-hybridized carbons (Fsp3) is 0.667. The number of nitrogens with one attached hydrogen (secondary N) is 1. The molecule has 22 heavy (non-hydrogen) atoms. The molecule has 3 rings (SSSR count). The number of nitrogens with zero attached hydrogens (tertiary/aromatic N) is 2. The maximum atomic E-state index is 3.46. The molecule has 0 spiro atoms. The number of hydrogen-bond donors (Lipinski definition) is 1. The fourth-order valence-corrected chi connectivity index (χ4v) is 3.59. The van der Waals surface area contributed by atoms with Gasteiger partial charge in [0.15, 0.2) is 0 Å². The SMILES string of the molecule is Cc1ccccc1CN1CCN(CC2CCNCC2)CC1.Cl. The van der Waals surface area contributed by atoms with Gasteiger partial charge in [-0.15, -0.1) is 12.4 Å².